The number of nitrogens with zero attached hydrogens (tertiary/aromatic N) is 3. The third-order valence-corrected chi connectivity index (χ3v) is 4.80. The van der Waals surface area contributed by atoms with Crippen LogP contribution in [0.15, 0.2) is 53.1 Å². The van der Waals surface area contributed by atoms with Gasteiger partial charge in [0, 0.05) is 12.6 Å². The van der Waals surface area contributed by atoms with Crippen molar-refractivity contribution < 1.29 is 18.8 Å². The van der Waals surface area contributed by atoms with Gasteiger partial charge in [-0.3, -0.25) is 4.79 Å². The molecule has 1 aromatic heterocycles. The standard InChI is InChI=1S/C23H27N3O4/c1-5-16-10-12-18(13-11-16)29-20(6-2)23(27)26(3)15-21-24-22(25-30-21)17-8-7-9-19(14-17)28-4/h7-14,20H,5-6,15H2,1-4H3/t20-/m0/s1. The van der Waals surface area contributed by atoms with E-state index in [0.29, 0.717) is 29.6 Å². The number of methoxy groups -OCH3 is 1. The minimum absolute atomic E-state index is 0.141. The lowest BCUT2D eigenvalue weighted by molar-refractivity contribution is -0.138. The maximum absolute atomic E-state index is 12.9. The van der Waals surface area contributed by atoms with Gasteiger partial charge in [-0.15, -0.1) is 0 Å². The zero-order chi connectivity index (χ0) is 21.5. The molecule has 0 saturated heterocycles. The number of carbonyl (C=O) groups is 1. The van der Waals surface area contributed by atoms with Crippen LogP contribution in [0.1, 0.15) is 31.7 Å². The van der Waals surface area contributed by atoms with E-state index >= 15 is 0 Å². The van der Waals surface area contributed by atoms with Gasteiger partial charge in [0.15, 0.2) is 6.10 Å². The summed E-state index contributed by atoms with van der Waals surface area (Å²) >= 11 is 0. The van der Waals surface area contributed by atoms with E-state index in [1.807, 2.05) is 55.5 Å². The van der Waals surface area contributed by atoms with Crippen molar-refractivity contribution in [1.29, 1.82) is 0 Å². The molecular formula is C23H27N3O4. The van der Waals surface area contributed by atoms with Crippen LogP contribution in [0.3, 0.4) is 0 Å². The minimum Gasteiger partial charge on any atom is -0.497 e. The van der Waals surface area contributed by atoms with Crippen LogP contribution in [0.5, 0.6) is 11.5 Å². The molecule has 1 atom stereocenters. The molecule has 0 N–H and O–H groups in total. The number of aryl methyl sites for hydroxylation is 1. The fourth-order valence-electron chi connectivity index (χ4n) is 3.00. The van der Waals surface area contributed by atoms with E-state index in [0.717, 1.165) is 12.0 Å². The maximum atomic E-state index is 12.9. The van der Waals surface area contributed by atoms with Crippen LogP contribution in [0.2, 0.25) is 0 Å². The molecule has 0 radical (unpaired) electrons. The van der Waals surface area contributed by atoms with Gasteiger partial charge in [0.1, 0.15) is 11.5 Å². The maximum Gasteiger partial charge on any atom is 0.263 e. The number of benzene rings is 2. The summed E-state index contributed by atoms with van der Waals surface area (Å²) in [5.74, 6) is 2.05. The van der Waals surface area contributed by atoms with Crippen molar-refractivity contribution in [1.82, 2.24) is 15.0 Å². The van der Waals surface area contributed by atoms with Crippen LogP contribution >= 0.6 is 0 Å². The Hall–Kier alpha value is -3.35. The first kappa shape index (κ1) is 21.4. The van der Waals surface area contributed by atoms with Gasteiger partial charge in [-0.05, 0) is 42.7 Å². The number of carbonyl (C=O) groups excluding carboxylic acids is 1. The summed E-state index contributed by atoms with van der Waals surface area (Å²) in [5.41, 5.74) is 2.01. The molecule has 0 spiro atoms. The summed E-state index contributed by atoms with van der Waals surface area (Å²) < 4.78 is 16.5. The number of aromatic nitrogens is 2. The van der Waals surface area contributed by atoms with Crippen LogP contribution in [0, 0.1) is 0 Å². The van der Waals surface area contributed by atoms with Crippen LogP contribution in [0.25, 0.3) is 11.4 Å². The number of likely N-dealkylation sites (N-methyl/N-ethyl adjacent to an activating group) is 1. The number of ether oxygens (including phenoxy) is 2. The smallest absolute Gasteiger partial charge is 0.263 e. The third kappa shape index (κ3) is 5.17. The van der Waals surface area contributed by atoms with Crippen LogP contribution in [-0.2, 0) is 17.8 Å². The second kappa shape index (κ2) is 9.91. The summed E-state index contributed by atoms with van der Waals surface area (Å²) in [5, 5.41) is 4.01. The lowest BCUT2D eigenvalue weighted by atomic mass is 10.1. The van der Waals surface area contributed by atoms with Crippen molar-refractivity contribution in [2.45, 2.75) is 39.3 Å². The molecule has 3 rings (SSSR count). The fraction of sp³-hybridized carbons (Fsp3) is 0.348. The van der Waals surface area contributed by atoms with Gasteiger partial charge in [0.05, 0.1) is 13.7 Å². The summed E-state index contributed by atoms with van der Waals surface area (Å²) in [4.78, 5) is 18.8. The first-order chi connectivity index (χ1) is 14.5. The Morgan fingerprint density at radius 2 is 1.90 bits per heavy atom. The largest absolute Gasteiger partial charge is 0.497 e. The first-order valence-electron chi connectivity index (χ1n) is 10.0. The molecule has 2 aromatic carbocycles. The summed E-state index contributed by atoms with van der Waals surface area (Å²) in [6.07, 6.45) is 0.932. The zero-order valence-corrected chi connectivity index (χ0v) is 17.8. The molecule has 0 aliphatic rings. The monoisotopic (exact) mass is 409 g/mol. The SMILES string of the molecule is CCc1ccc(O[C@@H](CC)C(=O)N(C)Cc2nc(-c3cccc(OC)c3)no2)cc1. The van der Waals surface area contributed by atoms with E-state index in [1.165, 1.54) is 10.5 Å². The minimum atomic E-state index is -0.580. The Bertz CT molecular complexity index is 969. The van der Waals surface area contributed by atoms with Gasteiger partial charge in [0.25, 0.3) is 5.91 Å². The molecule has 158 valence electrons. The molecular weight excluding hydrogens is 382 g/mol. The average Bonchev–Trinajstić information content (AvgIpc) is 3.26. The quantitative estimate of drug-likeness (QED) is 0.529. The highest BCUT2D eigenvalue weighted by Crippen LogP contribution is 2.22. The topological polar surface area (TPSA) is 77.7 Å². The van der Waals surface area contributed by atoms with Crippen LogP contribution in [0.4, 0.5) is 0 Å². The Balaban J connectivity index is 1.64. The predicted molar refractivity (Wildman–Crippen MR) is 113 cm³/mol. The van der Waals surface area contributed by atoms with Crippen molar-refractivity contribution in [2.75, 3.05) is 14.2 Å². The molecule has 30 heavy (non-hydrogen) atoms. The Kier molecular flexibility index (Phi) is 7.06. The lowest BCUT2D eigenvalue weighted by Crippen LogP contribution is -2.39. The number of hydrogen-bond donors (Lipinski definition) is 0. The molecule has 0 saturated carbocycles. The summed E-state index contributed by atoms with van der Waals surface area (Å²) in [7, 11) is 3.30. The van der Waals surface area contributed by atoms with Gasteiger partial charge in [0.2, 0.25) is 11.7 Å². The van der Waals surface area contributed by atoms with E-state index in [1.54, 1.807) is 14.2 Å². The highest BCUT2D eigenvalue weighted by atomic mass is 16.5. The summed E-state index contributed by atoms with van der Waals surface area (Å²) in [6.45, 7) is 4.22. The average molecular weight is 409 g/mol. The van der Waals surface area contributed by atoms with Crippen LogP contribution in [-0.4, -0.2) is 41.2 Å². The van der Waals surface area contributed by atoms with Crippen molar-refractivity contribution in [3.8, 4) is 22.9 Å². The molecule has 0 fully saturated rings. The van der Waals surface area contributed by atoms with Crippen LogP contribution < -0.4 is 9.47 Å². The molecule has 0 aliphatic heterocycles. The molecule has 1 amide bonds. The van der Waals surface area contributed by atoms with Gasteiger partial charge in [-0.1, -0.05) is 43.3 Å². The van der Waals surface area contributed by atoms with E-state index in [-0.39, 0.29) is 12.5 Å². The van der Waals surface area contributed by atoms with Crippen molar-refractivity contribution in [2.24, 2.45) is 0 Å². The van der Waals surface area contributed by atoms with Gasteiger partial charge in [-0.25, -0.2) is 0 Å². The van der Waals surface area contributed by atoms with E-state index in [4.69, 9.17) is 14.0 Å². The Labute approximate surface area is 176 Å². The van der Waals surface area contributed by atoms with Crippen molar-refractivity contribution in [3.05, 3.63) is 60.0 Å². The number of amides is 1. The predicted octanol–water partition coefficient (Wildman–Crippen LogP) is 4.12. The molecule has 1 heterocycles. The Morgan fingerprint density at radius 1 is 1.13 bits per heavy atom. The highest BCUT2D eigenvalue weighted by Gasteiger charge is 2.24. The Morgan fingerprint density at radius 3 is 2.57 bits per heavy atom. The number of hydrogen-bond acceptors (Lipinski definition) is 6. The molecule has 0 aliphatic carbocycles. The second-order valence-corrected chi connectivity index (χ2v) is 6.95. The number of rotatable bonds is 9. The third-order valence-electron chi connectivity index (χ3n) is 4.80. The summed E-state index contributed by atoms with van der Waals surface area (Å²) in [6, 6.07) is 15.2. The molecule has 0 unspecified atom stereocenters. The van der Waals surface area contributed by atoms with Crippen molar-refractivity contribution >= 4 is 5.91 Å². The van der Waals surface area contributed by atoms with E-state index < -0.39 is 6.10 Å². The molecule has 7 heteroatoms. The van der Waals surface area contributed by atoms with Gasteiger partial charge >= 0.3 is 0 Å². The highest BCUT2D eigenvalue weighted by molar-refractivity contribution is 5.81. The van der Waals surface area contributed by atoms with Crippen molar-refractivity contribution in [3.63, 3.8) is 0 Å². The first-order valence-corrected chi connectivity index (χ1v) is 10.0. The normalized spacial score (nSPS) is 11.7. The lowest BCUT2D eigenvalue weighted by Gasteiger charge is -2.22. The fourth-order valence-corrected chi connectivity index (χ4v) is 3.00. The van der Waals surface area contributed by atoms with Gasteiger partial charge < -0.3 is 18.9 Å². The molecule has 0 bridgehead atoms. The van der Waals surface area contributed by atoms with E-state index in [2.05, 4.69) is 17.1 Å². The molecule has 3 aromatic rings. The van der Waals surface area contributed by atoms with Gasteiger partial charge in [-0.2, -0.15) is 4.98 Å². The second-order valence-electron chi connectivity index (χ2n) is 6.95. The molecule has 7 nitrogen and oxygen atoms in total. The van der Waals surface area contributed by atoms with E-state index in [9.17, 15) is 4.79 Å². The zero-order valence-electron chi connectivity index (χ0n) is 17.8.